The first-order valence-corrected chi connectivity index (χ1v) is 11.2. The number of rotatable bonds is 10. The van der Waals surface area contributed by atoms with Crippen LogP contribution in [0.4, 0.5) is 0 Å². The normalized spacial score (nSPS) is 16.0. The first kappa shape index (κ1) is 24.2. The van der Waals surface area contributed by atoms with Crippen LogP contribution in [-0.2, 0) is 27.4 Å². The summed E-state index contributed by atoms with van der Waals surface area (Å²) in [4.78, 5) is 26.1. The Labute approximate surface area is 194 Å². The number of methoxy groups -OCH3 is 1. The van der Waals surface area contributed by atoms with Gasteiger partial charge in [-0.3, -0.25) is 14.3 Å². The van der Waals surface area contributed by atoms with Crippen molar-refractivity contribution in [1.82, 2.24) is 9.99 Å². The topological polar surface area (TPSA) is 114 Å². The standard InChI is InChI=1S/C22H28BrN3O6/c1-29-12-10-25-22(28)19-21(32-13-15-7-3-2-4-8-15)20(27)18(23)16(26(19)24)14-31-17-9-5-6-11-30-17/h2-4,7-8,17H,5-6,9-14,24H2,1H3,(H,25,28). The summed E-state index contributed by atoms with van der Waals surface area (Å²) in [7, 11) is 1.53. The highest BCUT2D eigenvalue weighted by Gasteiger charge is 2.26. The van der Waals surface area contributed by atoms with Gasteiger partial charge in [0, 0.05) is 20.3 Å². The van der Waals surface area contributed by atoms with Crippen molar-refractivity contribution in [1.29, 1.82) is 0 Å². The molecule has 10 heteroatoms. The fourth-order valence-electron chi connectivity index (χ4n) is 3.26. The maximum atomic E-state index is 13.1. The summed E-state index contributed by atoms with van der Waals surface area (Å²) in [5.41, 5.74) is 0.586. The van der Waals surface area contributed by atoms with Crippen molar-refractivity contribution in [2.24, 2.45) is 0 Å². The molecule has 0 bridgehead atoms. The number of ether oxygens (including phenoxy) is 4. The average Bonchev–Trinajstić information content (AvgIpc) is 2.81. The monoisotopic (exact) mass is 509 g/mol. The molecule has 1 aliphatic rings. The van der Waals surface area contributed by atoms with Crippen molar-refractivity contribution < 1.29 is 23.7 Å². The first-order valence-electron chi connectivity index (χ1n) is 10.4. The van der Waals surface area contributed by atoms with E-state index >= 15 is 0 Å². The Morgan fingerprint density at radius 1 is 1.28 bits per heavy atom. The summed E-state index contributed by atoms with van der Waals surface area (Å²) in [5, 5.41) is 2.69. The SMILES string of the molecule is COCCNC(=O)c1c(OCc2ccccc2)c(=O)c(Br)c(COC2CCCCO2)n1N. The van der Waals surface area contributed by atoms with Gasteiger partial charge in [0.2, 0.25) is 5.43 Å². The van der Waals surface area contributed by atoms with Gasteiger partial charge in [-0.15, -0.1) is 0 Å². The Bertz CT molecular complexity index is 960. The van der Waals surface area contributed by atoms with Gasteiger partial charge in [0.15, 0.2) is 17.7 Å². The van der Waals surface area contributed by atoms with E-state index in [1.54, 1.807) is 0 Å². The minimum atomic E-state index is -0.549. The molecule has 1 aliphatic heterocycles. The number of pyridine rings is 1. The molecule has 0 aliphatic carbocycles. The molecular formula is C22H28BrN3O6. The van der Waals surface area contributed by atoms with E-state index in [2.05, 4.69) is 21.2 Å². The summed E-state index contributed by atoms with van der Waals surface area (Å²) in [6.45, 7) is 1.29. The predicted octanol–water partition coefficient (Wildman–Crippen LogP) is 2.32. The largest absolute Gasteiger partial charge is 0.482 e. The summed E-state index contributed by atoms with van der Waals surface area (Å²) in [6, 6.07) is 9.33. The van der Waals surface area contributed by atoms with Gasteiger partial charge >= 0.3 is 0 Å². The number of nitrogens with one attached hydrogen (secondary N) is 1. The molecule has 1 amide bonds. The van der Waals surface area contributed by atoms with Gasteiger partial charge in [-0.05, 0) is 40.8 Å². The zero-order valence-electron chi connectivity index (χ0n) is 18.0. The Morgan fingerprint density at radius 3 is 2.75 bits per heavy atom. The number of nitrogens with zero attached hydrogens (tertiary/aromatic N) is 1. The highest BCUT2D eigenvalue weighted by atomic mass is 79.9. The quantitative estimate of drug-likeness (QED) is 0.373. The molecule has 2 aromatic rings. The molecule has 0 saturated carbocycles. The van der Waals surface area contributed by atoms with Crippen molar-refractivity contribution in [3.63, 3.8) is 0 Å². The molecule has 0 radical (unpaired) electrons. The lowest BCUT2D eigenvalue weighted by atomic mass is 10.2. The van der Waals surface area contributed by atoms with Crippen molar-refractivity contribution in [3.8, 4) is 5.75 Å². The molecular weight excluding hydrogens is 482 g/mol. The number of hydrogen-bond acceptors (Lipinski definition) is 7. The number of nitrogens with two attached hydrogens (primary N) is 1. The van der Waals surface area contributed by atoms with Crippen LogP contribution in [-0.4, -0.2) is 43.7 Å². The third kappa shape index (κ3) is 6.10. The van der Waals surface area contributed by atoms with Gasteiger partial charge in [-0.1, -0.05) is 30.3 Å². The smallest absolute Gasteiger partial charge is 0.273 e. The van der Waals surface area contributed by atoms with Crippen molar-refractivity contribution in [3.05, 3.63) is 62.0 Å². The molecule has 32 heavy (non-hydrogen) atoms. The third-order valence-corrected chi connectivity index (χ3v) is 5.80. The number of amides is 1. The molecule has 3 N–H and O–H groups in total. The second-order valence-electron chi connectivity index (χ2n) is 7.27. The molecule has 1 atom stereocenters. The summed E-state index contributed by atoms with van der Waals surface area (Å²) >= 11 is 3.31. The minimum absolute atomic E-state index is 0.00565. The second-order valence-corrected chi connectivity index (χ2v) is 8.06. The molecule has 0 spiro atoms. The lowest BCUT2D eigenvalue weighted by Crippen LogP contribution is -2.36. The lowest BCUT2D eigenvalue weighted by Gasteiger charge is -2.24. The second kappa shape index (κ2) is 12.0. The van der Waals surface area contributed by atoms with E-state index in [-0.39, 0.29) is 42.0 Å². The highest BCUT2D eigenvalue weighted by molar-refractivity contribution is 9.10. The van der Waals surface area contributed by atoms with Crippen LogP contribution in [0.5, 0.6) is 5.75 Å². The lowest BCUT2D eigenvalue weighted by molar-refractivity contribution is -0.169. The molecule has 1 aromatic carbocycles. The number of benzene rings is 1. The number of nitrogen functional groups attached to an aromatic ring is 1. The fraction of sp³-hybridized carbons (Fsp3) is 0.455. The third-order valence-electron chi connectivity index (χ3n) is 4.98. The number of carbonyl (C=O) groups excluding carboxylic acids is 1. The molecule has 1 unspecified atom stereocenters. The highest BCUT2D eigenvalue weighted by Crippen LogP contribution is 2.24. The molecule has 1 saturated heterocycles. The fourth-order valence-corrected chi connectivity index (χ4v) is 3.75. The number of aromatic nitrogens is 1. The molecule has 2 heterocycles. The van der Waals surface area contributed by atoms with Crippen LogP contribution in [0.15, 0.2) is 39.6 Å². The van der Waals surface area contributed by atoms with Crippen LogP contribution in [0.1, 0.15) is 41.0 Å². The van der Waals surface area contributed by atoms with Crippen molar-refractivity contribution >= 4 is 21.8 Å². The summed E-state index contributed by atoms with van der Waals surface area (Å²) < 4.78 is 23.5. The summed E-state index contributed by atoms with van der Waals surface area (Å²) in [6.07, 6.45) is 2.37. The van der Waals surface area contributed by atoms with Crippen LogP contribution < -0.4 is 21.3 Å². The van der Waals surface area contributed by atoms with E-state index in [4.69, 9.17) is 24.8 Å². The Morgan fingerprint density at radius 2 is 2.06 bits per heavy atom. The van der Waals surface area contributed by atoms with Gasteiger partial charge in [0.25, 0.3) is 5.91 Å². The van der Waals surface area contributed by atoms with E-state index in [1.165, 1.54) is 7.11 Å². The van der Waals surface area contributed by atoms with Gasteiger partial charge in [0.05, 0.1) is 23.4 Å². The molecule has 3 rings (SSSR count). The van der Waals surface area contributed by atoms with Crippen LogP contribution in [0.2, 0.25) is 0 Å². The van der Waals surface area contributed by atoms with E-state index in [9.17, 15) is 9.59 Å². The van der Waals surface area contributed by atoms with Gasteiger partial charge in [0.1, 0.15) is 6.61 Å². The molecule has 1 fully saturated rings. The van der Waals surface area contributed by atoms with Crippen LogP contribution in [0.3, 0.4) is 0 Å². The first-order chi connectivity index (χ1) is 15.5. The molecule has 174 valence electrons. The Balaban J connectivity index is 1.91. The molecule has 1 aromatic heterocycles. The number of carbonyl (C=O) groups is 1. The van der Waals surface area contributed by atoms with Crippen LogP contribution in [0, 0.1) is 0 Å². The minimum Gasteiger partial charge on any atom is -0.482 e. The molecule has 9 nitrogen and oxygen atoms in total. The van der Waals surface area contributed by atoms with Gasteiger partial charge < -0.3 is 30.1 Å². The zero-order valence-corrected chi connectivity index (χ0v) is 19.6. The number of halogens is 1. The predicted molar refractivity (Wildman–Crippen MR) is 122 cm³/mol. The van der Waals surface area contributed by atoms with Gasteiger partial charge in [-0.25, -0.2) is 0 Å². The summed E-state index contributed by atoms with van der Waals surface area (Å²) in [5.74, 6) is 5.61. The number of hydrogen-bond donors (Lipinski definition) is 2. The van der Waals surface area contributed by atoms with Crippen LogP contribution in [0.25, 0.3) is 0 Å². The average molecular weight is 510 g/mol. The Kier molecular flexibility index (Phi) is 9.10. The maximum Gasteiger partial charge on any atom is 0.273 e. The van der Waals surface area contributed by atoms with Crippen molar-refractivity contribution in [2.75, 3.05) is 32.7 Å². The van der Waals surface area contributed by atoms with E-state index < -0.39 is 11.3 Å². The van der Waals surface area contributed by atoms with Crippen LogP contribution >= 0.6 is 15.9 Å². The zero-order chi connectivity index (χ0) is 22.9. The van der Waals surface area contributed by atoms with Gasteiger partial charge in [-0.2, -0.15) is 0 Å². The van der Waals surface area contributed by atoms with E-state index in [0.29, 0.717) is 18.9 Å². The Hall–Kier alpha value is -2.40. The van der Waals surface area contributed by atoms with E-state index in [1.807, 2.05) is 30.3 Å². The van der Waals surface area contributed by atoms with E-state index in [0.717, 1.165) is 29.5 Å². The van der Waals surface area contributed by atoms with Crippen molar-refractivity contribution in [2.45, 2.75) is 38.8 Å². The maximum absolute atomic E-state index is 13.1.